The summed E-state index contributed by atoms with van der Waals surface area (Å²) in [5.41, 5.74) is 9.06. The molecule has 0 radical (unpaired) electrons. The average molecular weight is 511 g/mol. The molecule has 0 saturated heterocycles. The fourth-order valence-corrected chi connectivity index (χ4v) is 6.90. The monoisotopic (exact) mass is 510 g/mol. The number of hydrogen-bond donors (Lipinski definition) is 0. The third-order valence-electron chi connectivity index (χ3n) is 6.81. The van der Waals surface area contributed by atoms with Gasteiger partial charge in [-0.25, -0.2) is 4.98 Å². The van der Waals surface area contributed by atoms with Gasteiger partial charge in [-0.1, -0.05) is 144 Å². The van der Waals surface area contributed by atoms with E-state index in [1.54, 1.807) is 0 Å². The minimum Gasteiger partial charge on any atom is -0.326 e. The highest BCUT2D eigenvalue weighted by atomic mass is 28.2. The molecule has 188 valence electrons. The molecule has 38 heavy (non-hydrogen) atoms. The Morgan fingerprint density at radius 1 is 0.737 bits per heavy atom. The van der Waals surface area contributed by atoms with Crippen LogP contribution in [0.2, 0.25) is 0 Å². The first-order valence-electron chi connectivity index (χ1n) is 13.1. The van der Waals surface area contributed by atoms with Crippen molar-refractivity contribution in [3.05, 3.63) is 175 Å². The van der Waals surface area contributed by atoms with Crippen molar-refractivity contribution in [3.8, 4) is 0 Å². The molecule has 0 fully saturated rings. The van der Waals surface area contributed by atoms with Gasteiger partial charge in [0.25, 0.3) is 0 Å². The summed E-state index contributed by atoms with van der Waals surface area (Å²) in [6, 6.07) is 42.5. The Morgan fingerprint density at radius 2 is 1.18 bits per heavy atom. The summed E-state index contributed by atoms with van der Waals surface area (Å²) in [6.07, 6.45) is 5.91. The zero-order chi connectivity index (χ0) is 26.6. The highest BCUT2D eigenvalue weighted by Gasteiger charge is 2.35. The second-order valence-electron chi connectivity index (χ2n) is 9.58. The molecule has 0 saturated carbocycles. The van der Waals surface area contributed by atoms with Crippen LogP contribution in [0.5, 0.6) is 0 Å². The van der Waals surface area contributed by atoms with Crippen molar-refractivity contribution in [1.82, 2.24) is 9.55 Å². The molecule has 4 heteroatoms. The predicted molar refractivity (Wildman–Crippen MR) is 167 cm³/mol. The highest BCUT2D eigenvalue weighted by Crippen LogP contribution is 2.33. The van der Waals surface area contributed by atoms with E-state index in [-0.39, 0.29) is 5.16 Å². The number of benzene rings is 4. The van der Waals surface area contributed by atoms with E-state index in [2.05, 4.69) is 151 Å². The van der Waals surface area contributed by atoms with E-state index in [0.717, 1.165) is 0 Å². The summed E-state index contributed by atoms with van der Waals surface area (Å²) < 4.78 is 2.28. The van der Waals surface area contributed by atoms with Gasteiger partial charge in [-0.15, -0.1) is 12.6 Å². The van der Waals surface area contributed by atoms with Gasteiger partial charge in [-0.3, -0.25) is 0 Å². The van der Waals surface area contributed by atoms with Crippen molar-refractivity contribution in [2.75, 3.05) is 0 Å². The maximum Gasteiger partial charge on any atom is 0.233 e. The molecule has 1 heterocycles. The summed E-state index contributed by atoms with van der Waals surface area (Å²) in [4.78, 5) is 4.33. The summed E-state index contributed by atoms with van der Waals surface area (Å²) in [7, 11) is -0.634. The second-order valence-corrected chi connectivity index (χ2v) is 11.4. The molecule has 5 aromatic rings. The lowest BCUT2D eigenvalue weighted by Crippen LogP contribution is -2.41. The molecule has 0 atom stereocenters. The smallest absolute Gasteiger partial charge is 0.233 e. The van der Waals surface area contributed by atoms with Crippen LogP contribution in [0.1, 0.15) is 25.0 Å². The fraction of sp³-hybridized carbons (Fsp3) is 0.0882. The number of aromatic nitrogens is 2. The zero-order valence-corrected chi connectivity index (χ0v) is 23.7. The van der Waals surface area contributed by atoms with E-state index in [0.29, 0.717) is 6.71 Å². The molecule has 5 rings (SSSR count). The van der Waals surface area contributed by atoms with Crippen LogP contribution in [0.25, 0.3) is 0 Å². The van der Waals surface area contributed by atoms with Crippen molar-refractivity contribution in [1.29, 1.82) is 0 Å². The first-order valence-corrected chi connectivity index (χ1v) is 14.6. The van der Waals surface area contributed by atoms with Crippen molar-refractivity contribution in [3.63, 3.8) is 0 Å². The lowest BCUT2D eigenvalue weighted by atomic mass is 9.41. The minimum atomic E-state index is -0.634. The van der Waals surface area contributed by atoms with Gasteiger partial charge in [0.2, 0.25) is 6.71 Å². The molecule has 4 aromatic carbocycles. The molecule has 2 nitrogen and oxygen atoms in total. The largest absolute Gasteiger partial charge is 0.326 e. The van der Waals surface area contributed by atoms with E-state index in [1.165, 1.54) is 27.6 Å². The number of hydrogen-bond acceptors (Lipinski definition) is 1. The molecule has 0 aliphatic carbocycles. The molecular weight excluding hydrogens is 475 g/mol. The van der Waals surface area contributed by atoms with Crippen LogP contribution < -0.4 is 10.9 Å². The highest BCUT2D eigenvalue weighted by molar-refractivity contribution is 6.89. The van der Waals surface area contributed by atoms with Crippen LogP contribution in [0.4, 0.5) is 0 Å². The summed E-state index contributed by atoms with van der Waals surface area (Å²) in [5, 5.41) is -0.143. The van der Waals surface area contributed by atoms with Gasteiger partial charge in [0.1, 0.15) is 0 Å². The van der Waals surface area contributed by atoms with Gasteiger partial charge in [0, 0.05) is 12.4 Å². The van der Waals surface area contributed by atoms with Crippen molar-refractivity contribution >= 4 is 27.2 Å². The Bertz CT molecular complexity index is 1320. The van der Waals surface area contributed by atoms with E-state index < -0.39 is 9.52 Å². The molecular formula is C34H35BN2Si. The summed E-state index contributed by atoms with van der Waals surface area (Å²) in [5.74, 6) is 1.99. The Kier molecular flexibility index (Phi) is 9.49. The molecule has 0 N–H and O–H groups in total. The average Bonchev–Trinajstić information content (AvgIpc) is 3.52. The van der Waals surface area contributed by atoms with Gasteiger partial charge in [0.15, 0.2) is 0 Å². The third kappa shape index (κ3) is 6.40. The van der Waals surface area contributed by atoms with Gasteiger partial charge in [0.05, 0.1) is 21.0 Å². The second kappa shape index (κ2) is 13.4. The normalized spacial score (nSPS) is 10.9. The number of rotatable bonds is 8. The van der Waals surface area contributed by atoms with Crippen LogP contribution in [0.3, 0.4) is 0 Å². The Labute approximate surface area is 230 Å². The van der Waals surface area contributed by atoms with Gasteiger partial charge in [-0.05, 0) is 25.0 Å². The predicted octanol–water partition coefficient (Wildman–Crippen LogP) is 5.75. The number of allylic oxidation sites excluding steroid dienone is 1. The third-order valence-corrected chi connectivity index (χ3v) is 9.60. The van der Waals surface area contributed by atoms with Gasteiger partial charge >= 0.3 is 0 Å². The van der Waals surface area contributed by atoms with Crippen LogP contribution >= 0.6 is 0 Å². The van der Waals surface area contributed by atoms with E-state index in [4.69, 9.17) is 0 Å². The Hall–Kier alpha value is -4.15. The lowest BCUT2D eigenvalue weighted by molar-refractivity contribution is 0.596. The van der Waals surface area contributed by atoms with Gasteiger partial charge < -0.3 is 4.57 Å². The molecule has 0 unspecified atom stereocenters. The van der Waals surface area contributed by atoms with Crippen molar-refractivity contribution < 1.29 is 0 Å². The van der Waals surface area contributed by atoms with Crippen LogP contribution in [-0.4, -0.2) is 25.8 Å². The topological polar surface area (TPSA) is 17.8 Å². The van der Waals surface area contributed by atoms with Crippen LogP contribution in [-0.2, 0) is 5.16 Å². The molecule has 0 bridgehead atoms. The van der Waals surface area contributed by atoms with E-state index >= 15 is 0 Å². The first-order chi connectivity index (χ1) is 18.6. The zero-order valence-electron chi connectivity index (χ0n) is 22.3. The molecule has 0 aliphatic heterocycles. The Morgan fingerprint density at radius 3 is 1.55 bits per heavy atom. The fourth-order valence-electron chi connectivity index (χ4n) is 4.86. The van der Waals surface area contributed by atoms with E-state index in [1.807, 2.05) is 30.6 Å². The molecule has 0 amide bonds. The van der Waals surface area contributed by atoms with Crippen LogP contribution in [0, 0.1) is 0 Å². The van der Waals surface area contributed by atoms with Crippen molar-refractivity contribution in [2.45, 2.75) is 19.0 Å². The molecule has 1 aromatic heterocycles. The lowest BCUT2D eigenvalue weighted by Gasteiger charge is -2.36. The quantitative estimate of drug-likeness (QED) is 0.243. The van der Waals surface area contributed by atoms with Gasteiger partial charge in [-0.2, -0.15) is 0 Å². The first kappa shape index (κ1) is 26.9. The standard InChI is InChI=1S/C20H22N2Si.C14H13B/c1-17(2)15-23-20(22-14-13-21-16-22,18-9-5-3-6-10-18)19-11-7-4-8-12-19;1-2-15(13-9-5-3-6-10-13)14-11-7-4-8-12-14/h3-16H,23H2,1-2H3;2-12H,1H2. The minimum absolute atomic E-state index is 0.143. The molecule has 0 aliphatic rings. The van der Waals surface area contributed by atoms with E-state index in [9.17, 15) is 0 Å². The molecule has 0 spiro atoms. The summed E-state index contributed by atoms with van der Waals surface area (Å²) in [6.45, 7) is 8.58. The number of nitrogens with zero attached hydrogens (tertiary/aromatic N) is 2. The van der Waals surface area contributed by atoms with Crippen molar-refractivity contribution in [2.24, 2.45) is 0 Å². The maximum atomic E-state index is 4.33. The van der Waals surface area contributed by atoms with Crippen LogP contribution in [0.15, 0.2) is 164 Å². The number of imidazole rings is 1. The SMILES string of the molecule is C=CB(c1ccccc1)c1ccccc1.CC(C)=C[SiH2]C(c1ccccc1)(c1ccccc1)n1ccnc1. The maximum absolute atomic E-state index is 4.33. The Balaban J connectivity index is 0.000000194. The summed E-state index contributed by atoms with van der Waals surface area (Å²) >= 11 is 0.